The fourth-order valence-corrected chi connectivity index (χ4v) is 12.6. The Hall–Kier alpha value is -7.10. The zero-order valence-corrected chi connectivity index (χ0v) is 50.6. The van der Waals surface area contributed by atoms with Crippen molar-refractivity contribution in [3.05, 3.63) is 197 Å². The molecule has 9 aromatic carbocycles. The lowest BCUT2D eigenvalue weighted by molar-refractivity contribution is 0.568. The highest BCUT2D eigenvalue weighted by atomic mass is 15.2. The number of aromatic nitrogens is 1. The van der Waals surface area contributed by atoms with E-state index in [9.17, 15) is 0 Å². The van der Waals surface area contributed by atoms with Crippen LogP contribution in [-0.4, -0.2) is 11.3 Å². The van der Waals surface area contributed by atoms with E-state index in [1.54, 1.807) is 0 Å². The van der Waals surface area contributed by atoms with Crippen molar-refractivity contribution in [2.45, 2.75) is 157 Å². The molecule has 1 aromatic heterocycles. The third-order valence-corrected chi connectivity index (χ3v) is 17.6. The molecule has 10 aromatic rings. The number of hydrogen-bond donors (Lipinski definition) is 0. The molecule has 0 unspecified atom stereocenters. The van der Waals surface area contributed by atoms with Gasteiger partial charge in [0.25, 0.3) is 0 Å². The molecule has 3 heterocycles. The number of hydrogen-bond acceptors (Lipinski definition) is 1. The molecular weight excluding hydrogens is 952 g/mol. The fraction of sp³-hybridized carbons (Fsp3) is 0.316. The number of para-hydroxylation sites is 1. The monoisotopic (exact) mass is 1030 g/mol. The molecule has 0 aliphatic carbocycles. The van der Waals surface area contributed by atoms with E-state index in [2.05, 4.69) is 298 Å². The van der Waals surface area contributed by atoms with Gasteiger partial charge in [-0.1, -0.05) is 258 Å². The fourth-order valence-electron chi connectivity index (χ4n) is 12.6. The molecule has 0 saturated heterocycles. The van der Waals surface area contributed by atoms with E-state index in [4.69, 9.17) is 0 Å². The van der Waals surface area contributed by atoms with Crippen LogP contribution in [0.25, 0.3) is 77.1 Å². The highest BCUT2D eigenvalue weighted by Gasteiger charge is 2.44. The van der Waals surface area contributed by atoms with E-state index in [1.807, 2.05) is 0 Å². The molecule has 0 N–H and O–H groups in total. The topological polar surface area (TPSA) is 8.17 Å². The Labute approximate surface area is 473 Å². The van der Waals surface area contributed by atoms with Crippen molar-refractivity contribution in [3.63, 3.8) is 0 Å². The standard InChI is InChI=1S/C76H81BN2/c1-71(2,3)53-34-49(35-54(43-53)72(4,5)6)46-26-30-59(31-27-46)78-66-33-29-48(50-36-55(73(7,8)9)44-56(37-50)74(10,11)12)41-65(66)77-68-64(40-52(42-67(68)78)51-38-57(75(13,14)15)45-58(39-51)76(16,17)18)62-25-21-24-61-63-32-28-47-22-19-20-23-60(47)69(63)79(77)70(61)62/h19-45H,1-18H3. The van der Waals surface area contributed by atoms with Crippen LogP contribution in [0.4, 0.5) is 17.1 Å². The molecule has 79 heavy (non-hydrogen) atoms. The zero-order chi connectivity index (χ0) is 56.3. The first-order valence-corrected chi connectivity index (χ1v) is 29.1. The summed E-state index contributed by atoms with van der Waals surface area (Å²) in [6.45, 7) is 42.1. The van der Waals surface area contributed by atoms with Crippen LogP contribution in [0.3, 0.4) is 0 Å². The van der Waals surface area contributed by atoms with E-state index >= 15 is 0 Å². The second-order valence-electron chi connectivity index (χ2n) is 29.7. The summed E-state index contributed by atoms with van der Waals surface area (Å²) in [6.07, 6.45) is 0. The lowest BCUT2D eigenvalue weighted by Crippen LogP contribution is -2.56. The molecular formula is C76H81BN2. The molecule has 3 heteroatoms. The van der Waals surface area contributed by atoms with Crippen molar-refractivity contribution in [1.82, 2.24) is 4.48 Å². The Morgan fingerprint density at radius 1 is 0.304 bits per heavy atom. The summed E-state index contributed by atoms with van der Waals surface area (Å²) in [7, 11) is 0. The van der Waals surface area contributed by atoms with Crippen molar-refractivity contribution in [1.29, 1.82) is 0 Å². The van der Waals surface area contributed by atoms with Crippen molar-refractivity contribution < 1.29 is 0 Å². The zero-order valence-electron chi connectivity index (χ0n) is 50.6. The van der Waals surface area contributed by atoms with Crippen molar-refractivity contribution in [2.75, 3.05) is 4.90 Å². The van der Waals surface area contributed by atoms with Crippen LogP contribution in [0.2, 0.25) is 0 Å². The summed E-state index contributed by atoms with van der Waals surface area (Å²) in [5, 5.41) is 5.14. The van der Waals surface area contributed by atoms with Gasteiger partial charge in [0, 0.05) is 49.8 Å². The van der Waals surface area contributed by atoms with Gasteiger partial charge in [-0.2, -0.15) is 0 Å². The second-order valence-corrected chi connectivity index (χ2v) is 29.7. The predicted octanol–water partition coefficient (Wildman–Crippen LogP) is 20.2. The van der Waals surface area contributed by atoms with Gasteiger partial charge in [0.15, 0.2) is 0 Å². The smallest absolute Gasteiger partial charge is 0.333 e. The minimum absolute atomic E-state index is 0.0108. The molecule has 2 aliphatic heterocycles. The van der Waals surface area contributed by atoms with Crippen LogP contribution >= 0.6 is 0 Å². The molecule has 0 radical (unpaired) electrons. The average Bonchev–Trinajstić information content (AvgIpc) is 2.64. The first kappa shape index (κ1) is 52.6. The quantitative estimate of drug-likeness (QED) is 0.160. The molecule has 0 atom stereocenters. The van der Waals surface area contributed by atoms with Crippen LogP contribution in [0.1, 0.15) is 158 Å². The van der Waals surface area contributed by atoms with Gasteiger partial charge in [-0.05, 0) is 151 Å². The molecule has 2 nitrogen and oxygen atoms in total. The van der Waals surface area contributed by atoms with Crippen LogP contribution in [-0.2, 0) is 32.5 Å². The predicted molar refractivity (Wildman–Crippen MR) is 346 cm³/mol. The van der Waals surface area contributed by atoms with Crippen LogP contribution in [0, 0.1) is 0 Å². The molecule has 2 aliphatic rings. The minimum atomic E-state index is -0.125. The third kappa shape index (κ3) is 8.95. The molecule has 0 spiro atoms. The Bertz CT molecular complexity index is 4020. The SMILES string of the molecule is CC(C)(C)c1cc(-c2ccc(N3c4ccc(-c5cc(C(C)(C)C)cc(C(C)(C)C)c5)cc4B4c5c(cc(-c6cc(C(C)(C)C)cc(C(C)(C)C)c6)cc53)-c3cccc5c6ccc7ccccc7c6n4c35)cc2)cc(C(C)(C)C)c1. The van der Waals surface area contributed by atoms with E-state index < -0.39 is 0 Å². The van der Waals surface area contributed by atoms with Crippen LogP contribution in [0.5, 0.6) is 0 Å². The molecule has 12 rings (SSSR count). The van der Waals surface area contributed by atoms with Crippen molar-refractivity contribution >= 4 is 67.4 Å². The summed E-state index contributed by atoms with van der Waals surface area (Å²) >= 11 is 0. The molecule has 0 saturated carbocycles. The maximum absolute atomic E-state index is 2.76. The van der Waals surface area contributed by atoms with Crippen molar-refractivity contribution in [3.8, 4) is 44.5 Å². The molecule has 0 bridgehead atoms. The number of nitrogens with zero attached hydrogens (tertiary/aromatic N) is 2. The first-order chi connectivity index (χ1) is 36.9. The minimum Gasteiger partial charge on any atom is -0.375 e. The Kier molecular flexibility index (Phi) is 11.8. The van der Waals surface area contributed by atoms with E-state index in [1.165, 1.54) is 133 Å². The molecule has 0 amide bonds. The van der Waals surface area contributed by atoms with Crippen LogP contribution < -0.4 is 15.8 Å². The Balaban J connectivity index is 1.19. The Morgan fingerprint density at radius 3 is 1.27 bits per heavy atom. The first-order valence-electron chi connectivity index (χ1n) is 29.1. The second kappa shape index (κ2) is 17.7. The van der Waals surface area contributed by atoms with Crippen molar-refractivity contribution in [2.24, 2.45) is 0 Å². The van der Waals surface area contributed by atoms with Gasteiger partial charge in [-0.3, -0.25) is 0 Å². The van der Waals surface area contributed by atoms with Gasteiger partial charge in [-0.25, -0.2) is 0 Å². The largest absolute Gasteiger partial charge is 0.375 e. The van der Waals surface area contributed by atoms with E-state index in [0.29, 0.717) is 0 Å². The van der Waals surface area contributed by atoms with E-state index in [-0.39, 0.29) is 39.3 Å². The van der Waals surface area contributed by atoms with Crippen LogP contribution in [0.15, 0.2) is 164 Å². The van der Waals surface area contributed by atoms with Gasteiger partial charge in [0.2, 0.25) is 0 Å². The van der Waals surface area contributed by atoms with Gasteiger partial charge in [0.05, 0.1) is 0 Å². The summed E-state index contributed by atoms with van der Waals surface area (Å²) in [5.74, 6) is 0. The summed E-state index contributed by atoms with van der Waals surface area (Å²) in [5.41, 5.74) is 27.0. The third-order valence-electron chi connectivity index (χ3n) is 17.6. The lowest BCUT2D eigenvalue weighted by atomic mass is 9.44. The highest BCUT2D eigenvalue weighted by Crippen LogP contribution is 2.49. The maximum Gasteiger partial charge on any atom is 0.333 e. The number of rotatable bonds is 4. The number of anilines is 3. The normalized spacial score (nSPS) is 13.9. The maximum atomic E-state index is 2.76. The van der Waals surface area contributed by atoms with Gasteiger partial charge >= 0.3 is 6.85 Å². The summed E-state index contributed by atoms with van der Waals surface area (Å²) in [6, 6.07) is 64.9. The summed E-state index contributed by atoms with van der Waals surface area (Å²) < 4.78 is 2.76. The van der Waals surface area contributed by atoms with Gasteiger partial charge < -0.3 is 9.38 Å². The molecule has 398 valence electrons. The van der Waals surface area contributed by atoms with Gasteiger partial charge in [0.1, 0.15) is 0 Å². The molecule has 0 fully saturated rings. The summed E-state index contributed by atoms with van der Waals surface area (Å²) in [4.78, 5) is 2.62. The Morgan fingerprint density at radius 2 is 0.747 bits per heavy atom. The highest BCUT2D eigenvalue weighted by molar-refractivity contribution is 6.90. The van der Waals surface area contributed by atoms with Gasteiger partial charge in [-0.15, -0.1) is 0 Å². The number of benzene rings is 9. The number of fused-ring (bicyclic) bond motifs is 9. The average molecular weight is 1030 g/mol. The van der Waals surface area contributed by atoms with E-state index in [0.717, 1.165) is 5.69 Å². The lowest BCUT2D eigenvalue weighted by Gasteiger charge is -2.41.